The molecule has 0 unspecified atom stereocenters. The van der Waals surface area contributed by atoms with Crippen molar-refractivity contribution >= 4 is 15.7 Å². The highest BCUT2D eigenvalue weighted by atomic mass is 32.2. The molecule has 0 radical (unpaired) electrons. The molecule has 0 saturated heterocycles. The van der Waals surface area contributed by atoms with E-state index in [4.69, 9.17) is 5.73 Å². The van der Waals surface area contributed by atoms with Crippen molar-refractivity contribution < 1.29 is 12.8 Å². The predicted molar refractivity (Wildman–Crippen MR) is 72.6 cm³/mol. The van der Waals surface area contributed by atoms with Crippen LogP contribution in [0.4, 0.5) is 10.1 Å². The van der Waals surface area contributed by atoms with Gasteiger partial charge in [0.25, 0.3) is 0 Å². The summed E-state index contributed by atoms with van der Waals surface area (Å²) in [4.78, 5) is -0.344. The van der Waals surface area contributed by atoms with Crippen LogP contribution in [0.5, 0.6) is 0 Å². The number of hydrogen-bond acceptors (Lipinski definition) is 3. The summed E-state index contributed by atoms with van der Waals surface area (Å²) in [7, 11) is -3.81. The highest BCUT2D eigenvalue weighted by Crippen LogP contribution is 2.37. The van der Waals surface area contributed by atoms with Crippen LogP contribution in [0, 0.1) is 11.2 Å². The van der Waals surface area contributed by atoms with E-state index in [1.807, 2.05) is 0 Å². The Bertz CT molecular complexity index is 566. The van der Waals surface area contributed by atoms with Crippen LogP contribution in [-0.4, -0.2) is 15.0 Å². The number of rotatable bonds is 4. The van der Waals surface area contributed by atoms with Gasteiger partial charge in [-0.2, -0.15) is 0 Å². The Kier molecular flexibility index (Phi) is 3.82. The molecule has 0 aliphatic heterocycles. The molecule has 0 heterocycles. The first-order valence-corrected chi connectivity index (χ1v) is 7.85. The third kappa shape index (κ3) is 3.25. The maximum atomic E-state index is 13.6. The van der Waals surface area contributed by atoms with Gasteiger partial charge in [0, 0.05) is 12.2 Å². The van der Waals surface area contributed by atoms with E-state index in [1.54, 1.807) is 0 Å². The first-order chi connectivity index (χ1) is 8.82. The van der Waals surface area contributed by atoms with Crippen molar-refractivity contribution in [2.45, 2.75) is 37.5 Å². The van der Waals surface area contributed by atoms with Crippen molar-refractivity contribution in [2.24, 2.45) is 5.41 Å². The molecule has 19 heavy (non-hydrogen) atoms. The number of halogens is 1. The molecule has 1 aliphatic rings. The molecule has 4 nitrogen and oxygen atoms in total. The zero-order chi connectivity index (χ0) is 14.1. The van der Waals surface area contributed by atoms with Gasteiger partial charge in [0.05, 0.1) is 0 Å². The molecular formula is C13H19FN2O2S. The van der Waals surface area contributed by atoms with E-state index in [0.29, 0.717) is 6.54 Å². The maximum Gasteiger partial charge on any atom is 0.243 e. The molecule has 1 aliphatic carbocycles. The van der Waals surface area contributed by atoms with Crippen molar-refractivity contribution in [1.29, 1.82) is 0 Å². The Balaban J connectivity index is 2.14. The van der Waals surface area contributed by atoms with E-state index < -0.39 is 15.8 Å². The van der Waals surface area contributed by atoms with Crippen molar-refractivity contribution in [2.75, 3.05) is 12.3 Å². The van der Waals surface area contributed by atoms with Crippen molar-refractivity contribution in [1.82, 2.24) is 4.72 Å². The summed E-state index contributed by atoms with van der Waals surface area (Å²) >= 11 is 0. The van der Waals surface area contributed by atoms with Crippen molar-refractivity contribution in [3.05, 3.63) is 24.0 Å². The predicted octanol–water partition coefficient (Wildman–Crippen LogP) is 2.27. The lowest BCUT2D eigenvalue weighted by Gasteiger charge is -2.23. The highest BCUT2D eigenvalue weighted by Gasteiger charge is 2.30. The van der Waals surface area contributed by atoms with Crippen LogP contribution >= 0.6 is 0 Å². The molecule has 0 spiro atoms. The maximum absolute atomic E-state index is 13.6. The van der Waals surface area contributed by atoms with E-state index in [9.17, 15) is 12.8 Å². The van der Waals surface area contributed by atoms with Gasteiger partial charge in [0.15, 0.2) is 0 Å². The molecule has 1 aromatic carbocycles. The smallest absolute Gasteiger partial charge is 0.243 e. The summed E-state index contributed by atoms with van der Waals surface area (Å²) in [6.07, 6.45) is 4.24. The van der Waals surface area contributed by atoms with Crippen LogP contribution < -0.4 is 10.5 Å². The average molecular weight is 286 g/mol. The molecule has 2 rings (SSSR count). The molecule has 1 aromatic rings. The molecule has 0 atom stereocenters. The molecular weight excluding hydrogens is 267 g/mol. The van der Waals surface area contributed by atoms with E-state index in [1.165, 1.54) is 12.1 Å². The molecule has 3 N–H and O–H groups in total. The first-order valence-electron chi connectivity index (χ1n) is 6.37. The van der Waals surface area contributed by atoms with Crippen molar-refractivity contribution in [3.63, 3.8) is 0 Å². The molecule has 0 bridgehead atoms. The summed E-state index contributed by atoms with van der Waals surface area (Å²) in [5.41, 5.74) is 5.60. The number of nitrogens with one attached hydrogen (secondary N) is 1. The minimum Gasteiger partial charge on any atom is -0.399 e. The fourth-order valence-corrected chi connectivity index (χ4v) is 3.74. The SMILES string of the molecule is CC1(CNS(=O)(=O)c2ccc(N)cc2F)CCCC1. The van der Waals surface area contributed by atoms with E-state index in [-0.39, 0.29) is 16.0 Å². The van der Waals surface area contributed by atoms with Gasteiger partial charge in [-0.05, 0) is 36.5 Å². The standard InChI is InChI=1S/C13H19FN2O2S/c1-13(6-2-3-7-13)9-16-19(17,18)12-5-4-10(15)8-11(12)14/h4-5,8,16H,2-3,6-7,9,15H2,1H3. The Morgan fingerprint density at radius 1 is 1.37 bits per heavy atom. The third-order valence-electron chi connectivity index (χ3n) is 3.75. The lowest BCUT2D eigenvalue weighted by Crippen LogP contribution is -2.34. The Hall–Kier alpha value is -1.14. The zero-order valence-corrected chi connectivity index (χ0v) is 11.8. The van der Waals surface area contributed by atoms with Crippen LogP contribution in [0.25, 0.3) is 0 Å². The lowest BCUT2D eigenvalue weighted by atomic mass is 9.89. The van der Waals surface area contributed by atoms with Gasteiger partial charge < -0.3 is 5.73 Å². The monoisotopic (exact) mass is 286 g/mol. The molecule has 106 valence electrons. The summed E-state index contributed by atoms with van der Waals surface area (Å²) in [6, 6.07) is 3.60. The molecule has 1 fully saturated rings. The van der Waals surface area contributed by atoms with Gasteiger partial charge >= 0.3 is 0 Å². The minimum absolute atomic E-state index is 0.0165. The van der Waals surface area contributed by atoms with Crippen LogP contribution in [0.2, 0.25) is 0 Å². The lowest BCUT2D eigenvalue weighted by molar-refractivity contribution is 0.336. The van der Waals surface area contributed by atoms with E-state index in [0.717, 1.165) is 31.7 Å². The second-order valence-electron chi connectivity index (χ2n) is 5.53. The average Bonchev–Trinajstić information content (AvgIpc) is 2.74. The number of anilines is 1. The highest BCUT2D eigenvalue weighted by molar-refractivity contribution is 7.89. The minimum atomic E-state index is -3.81. The van der Waals surface area contributed by atoms with Gasteiger partial charge in [-0.1, -0.05) is 19.8 Å². The first kappa shape index (κ1) is 14.3. The Morgan fingerprint density at radius 3 is 2.58 bits per heavy atom. The second kappa shape index (κ2) is 5.09. The second-order valence-corrected chi connectivity index (χ2v) is 7.27. The number of nitrogens with two attached hydrogens (primary N) is 1. The van der Waals surface area contributed by atoms with E-state index >= 15 is 0 Å². The number of hydrogen-bond donors (Lipinski definition) is 2. The summed E-state index contributed by atoms with van der Waals surface area (Å²) in [6.45, 7) is 2.40. The summed E-state index contributed by atoms with van der Waals surface area (Å²) < 4.78 is 40.3. The largest absolute Gasteiger partial charge is 0.399 e. The fourth-order valence-electron chi connectivity index (χ4n) is 2.49. The number of sulfonamides is 1. The van der Waals surface area contributed by atoms with Gasteiger partial charge in [-0.15, -0.1) is 0 Å². The molecule has 6 heteroatoms. The van der Waals surface area contributed by atoms with Gasteiger partial charge in [-0.3, -0.25) is 0 Å². The number of benzene rings is 1. The molecule has 0 aromatic heterocycles. The summed E-state index contributed by atoms with van der Waals surface area (Å²) in [5.74, 6) is -0.816. The van der Waals surface area contributed by atoms with Gasteiger partial charge in [-0.25, -0.2) is 17.5 Å². The van der Waals surface area contributed by atoms with Crippen LogP contribution in [0.3, 0.4) is 0 Å². The third-order valence-corrected chi connectivity index (χ3v) is 5.18. The van der Waals surface area contributed by atoms with Crippen LogP contribution in [0.15, 0.2) is 23.1 Å². The van der Waals surface area contributed by atoms with Crippen LogP contribution in [-0.2, 0) is 10.0 Å². The fraction of sp³-hybridized carbons (Fsp3) is 0.538. The zero-order valence-electron chi connectivity index (χ0n) is 10.9. The Morgan fingerprint density at radius 2 is 2.00 bits per heavy atom. The Labute approximate surface area is 113 Å². The summed E-state index contributed by atoms with van der Waals surface area (Å²) in [5, 5.41) is 0. The topological polar surface area (TPSA) is 72.2 Å². The van der Waals surface area contributed by atoms with E-state index in [2.05, 4.69) is 11.6 Å². The van der Waals surface area contributed by atoms with Crippen LogP contribution in [0.1, 0.15) is 32.6 Å². The molecule has 0 amide bonds. The quantitative estimate of drug-likeness (QED) is 0.834. The van der Waals surface area contributed by atoms with Crippen molar-refractivity contribution in [3.8, 4) is 0 Å². The normalized spacial score (nSPS) is 18.6. The van der Waals surface area contributed by atoms with Gasteiger partial charge in [0.2, 0.25) is 10.0 Å². The number of nitrogen functional groups attached to an aromatic ring is 1. The van der Waals surface area contributed by atoms with Gasteiger partial charge in [0.1, 0.15) is 10.7 Å². The molecule has 1 saturated carbocycles.